The molecule has 0 saturated heterocycles. The van der Waals surface area contributed by atoms with Gasteiger partial charge in [0.2, 0.25) is 5.96 Å². The molecule has 0 fully saturated rings. The Balaban J connectivity index is 2.10. The topological polar surface area (TPSA) is 79.8 Å². The molecule has 9 heteroatoms. The minimum atomic E-state index is -3.87. The molecule has 1 heterocycles. The van der Waals surface area contributed by atoms with Crippen molar-refractivity contribution in [3.63, 3.8) is 0 Å². The van der Waals surface area contributed by atoms with Gasteiger partial charge in [0.25, 0.3) is 10.0 Å². The lowest BCUT2D eigenvalue weighted by Crippen LogP contribution is -2.41. The number of methoxy groups -OCH3 is 1. The number of anilines is 1. The number of benzene rings is 2. The van der Waals surface area contributed by atoms with Crippen molar-refractivity contribution in [2.24, 2.45) is 4.99 Å². The van der Waals surface area contributed by atoms with E-state index in [9.17, 15) is 17.2 Å². The Bertz CT molecular complexity index is 957. The van der Waals surface area contributed by atoms with Crippen molar-refractivity contribution in [3.8, 4) is 11.1 Å². The maximum Gasteiger partial charge on any atom is 0.266 e. The minimum absolute atomic E-state index is 0.0192. The second kappa shape index (κ2) is 7.00. The van der Waals surface area contributed by atoms with Gasteiger partial charge in [0.05, 0.1) is 18.3 Å². The van der Waals surface area contributed by atoms with E-state index in [0.29, 0.717) is 5.56 Å². The Labute approximate surface area is 150 Å². The highest BCUT2D eigenvalue weighted by Gasteiger charge is 2.29. The molecule has 6 nitrogen and oxygen atoms in total. The van der Waals surface area contributed by atoms with Crippen LogP contribution in [-0.2, 0) is 14.8 Å². The van der Waals surface area contributed by atoms with E-state index < -0.39 is 21.7 Å². The molecule has 2 N–H and O–H groups in total. The van der Waals surface area contributed by atoms with Crippen LogP contribution in [0, 0.1) is 11.6 Å². The third kappa shape index (κ3) is 3.68. The third-order valence-electron chi connectivity index (χ3n) is 3.87. The van der Waals surface area contributed by atoms with Gasteiger partial charge in [0.15, 0.2) is 0 Å². The first-order valence-electron chi connectivity index (χ1n) is 7.76. The maximum absolute atomic E-state index is 13.6. The first-order valence-corrected chi connectivity index (χ1v) is 9.25. The summed E-state index contributed by atoms with van der Waals surface area (Å²) in [7, 11) is -2.35. The van der Waals surface area contributed by atoms with E-state index >= 15 is 0 Å². The van der Waals surface area contributed by atoms with Crippen LogP contribution in [0.5, 0.6) is 0 Å². The number of nitrogens with zero attached hydrogens (tertiary/aromatic N) is 1. The monoisotopic (exact) mass is 381 g/mol. The normalized spacial score (nSPS) is 17.9. The molecule has 2 aromatic rings. The van der Waals surface area contributed by atoms with Gasteiger partial charge < -0.3 is 10.1 Å². The first-order chi connectivity index (χ1) is 12.3. The SMILES string of the molecule is COC(C)CN=C1Nc2c(-c3cc(F)cc(F)c3)cccc2S(=O)(=O)N1. The highest BCUT2D eigenvalue weighted by atomic mass is 32.2. The fourth-order valence-electron chi connectivity index (χ4n) is 2.53. The number of hydrogen-bond acceptors (Lipinski definition) is 4. The van der Waals surface area contributed by atoms with Crippen molar-refractivity contribution in [1.29, 1.82) is 0 Å². The van der Waals surface area contributed by atoms with Gasteiger partial charge in [-0.15, -0.1) is 0 Å². The molecule has 0 aliphatic carbocycles. The van der Waals surface area contributed by atoms with Crippen LogP contribution in [0.15, 0.2) is 46.3 Å². The second-order valence-corrected chi connectivity index (χ2v) is 7.45. The van der Waals surface area contributed by atoms with Gasteiger partial charge in [0, 0.05) is 18.7 Å². The summed E-state index contributed by atoms with van der Waals surface area (Å²) in [5.41, 5.74) is 0.770. The number of guanidine groups is 1. The molecule has 26 heavy (non-hydrogen) atoms. The van der Waals surface area contributed by atoms with E-state index in [0.717, 1.165) is 18.2 Å². The number of hydrogen-bond donors (Lipinski definition) is 2. The van der Waals surface area contributed by atoms with Gasteiger partial charge in [-0.3, -0.25) is 0 Å². The molecule has 1 unspecified atom stereocenters. The summed E-state index contributed by atoms with van der Waals surface area (Å²) in [5, 5.41) is 2.90. The van der Waals surface area contributed by atoms with Gasteiger partial charge in [-0.1, -0.05) is 12.1 Å². The van der Waals surface area contributed by atoms with Crippen LogP contribution in [0.1, 0.15) is 6.92 Å². The average Bonchev–Trinajstić information content (AvgIpc) is 2.57. The van der Waals surface area contributed by atoms with Crippen molar-refractivity contribution >= 4 is 21.7 Å². The van der Waals surface area contributed by atoms with Crippen LogP contribution in [0.2, 0.25) is 0 Å². The van der Waals surface area contributed by atoms with Crippen LogP contribution >= 0.6 is 0 Å². The predicted molar refractivity (Wildman–Crippen MR) is 94.5 cm³/mol. The molecule has 0 aromatic heterocycles. The third-order valence-corrected chi connectivity index (χ3v) is 5.25. The lowest BCUT2D eigenvalue weighted by Gasteiger charge is -2.24. The van der Waals surface area contributed by atoms with Crippen LogP contribution in [-0.4, -0.2) is 34.1 Å². The van der Waals surface area contributed by atoms with Gasteiger partial charge in [-0.25, -0.2) is 26.9 Å². The van der Waals surface area contributed by atoms with Crippen LogP contribution in [0.3, 0.4) is 0 Å². The van der Waals surface area contributed by atoms with E-state index in [-0.39, 0.29) is 34.8 Å². The number of sulfonamides is 1. The number of fused-ring (bicyclic) bond motifs is 1. The highest BCUT2D eigenvalue weighted by molar-refractivity contribution is 7.90. The summed E-state index contributed by atoms with van der Waals surface area (Å²) in [5.74, 6) is -1.49. The van der Waals surface area contributed by atoms with Gasteiger partial charge in [0.1, 0.15) is 16.5 Å². The fraction of sp³-hybridized carbons (Fsp3) is 0.235. The molecular formula is C17H17F2N3O3S. The van der Waals surface area contributed by atoms with Gasteiger partial charge in [-0.2, -0.15) is 0 Å². The van der Waals surface area contributed by atoms with Crippen molar-refractivity contribution in [2.45, 2.75) is 17.9 Å². The summed E-state index contributed by atoms with van der Waals surface area (Å²) < 4.78 is 59.6. The van der Waals surface area contributed by atoms with E-state index in [1.807, 2.05) is 0 Å². The lowest BCUT2D eigenvalue weighted by molar-refractivity contribution is 0.125. The van der Waals surface area contributed by atoms with Crippen molar-refractivity contribution in [1.82, 2.24) is 4.72 Å². The minimum Gasteiger partial charge on any atom is -0.380 e. The number of halogens is 2. The molecule has 1 atom stereocenters. The zero-order valence-electron chi connectivity index (χ0n) is 14.1. The Morgan fingerprint density at radius 3 is 2.54 bits per heavy atom. The smallest absolute Gasteiger partial charge is 0.266 e. The summed E-state index contributed by atoms with van der Waals surface area (Å²) in [6.07, 6.45) is -0.206. The molecule has 1 aliphatic heterocycles. The highest BCUT2D eigenvalue weighted by Crippen LogP contribution is 2.36. The number of ether oxygens (including phenoxy) is 1. The standard InChI is InChI=1S/C17H17F2N3O3S/c1-10(25-2)9-20-17-21-16-14(11-6-12(18)8-13(19)7-11)4-3-5-15(16)26(23,24)22-17/h3-8,10H,9H2,1-2H3,(H2,20,21,22). The van der Waals surface area contributed by atoms with Crippen LogP contribution < -0.4 is 10.0 Å². The zero-order valence-corrected chi connectivity index (χ0v) is 14.9. The molecule has 0 radical (unpaired) electrons. The van der Waals surface area contributed by atoms with Gasteiger partial charge in [-0.05, 0) is 30.7 Å². The second-order valence-electron chi connectivity index (χ2n) is 5.80. The molecule has 0 bridgehead atoms. The summed E-state index contributed by atoms with van der Waals surface area (Å²) >= 11 is 0. The number of aliphatic imine (C=N–C) groups is 1. The fourth-order valence-corrected chi connectivity index (χ4v) is 3.69. The summed E-state index contributed by atoms with van der Waals surface area (Å²) in [4.78, 5) is 4.13. The quantitative estimate of drug-likeness (QED) is 0.854. The Morgan fingerprint density at radius 1 is 1.19 bits per heavy atom. The van der Waals surface area contributed by atoms with E-state index in [4.69, 9.17) is 4.74 Å². The molecule has 1 aliphatic rings. The average molecular weight is 381 g/mol. The Kier molecular flexibility index (Phi) is 4.92. The molecule has 0 saturated carbocycles. The number of nitrogens with one attached hydrogen (secondary N) is 2. The van der Waals surface area contributed by atoms with E-state index in [1.54, 1.807) is 13.0 Å². The summed E-state index contributed by atoms with van der Waals surface area (Å²) in [6.45, 7) is 2.02. The van der Waals surface area contributed by atoms with Crippen molar-refractivity contribution in [2.75, 3.05) is 19.0 Å². The van der Waals surface area contributed by atoms with Crippen molar-refractivity contribution in [3.05, 3.63) is 48.0 Å². The maximum atomic E-state index is 13.6. The molecule has 0 amide bonds. The molecule has 2 aromatic carbocycles. The zero-order chi connectivity index (χ0) is 18.9. The van der Waals surface area contributed by atoms with Gasteiger partial charge >= 0.3 is 0 Å². The molecule has 138 valence electrons. The Morgan fingerprint density at radius 2 is 1.88 bits per heavy atom. The Hall–Kier alpha value is -2.52. The van der Waals surface area contributed by atoms with Crippen molar-refractivity contribution < 1.29 is 21.9 Å². The number of rotatable bonds is 4. The molecule has 0 spiro atoms. The van der Waals surface area contributed by atoms with Crippen LogP contribution in [0.4, 0.5) is 14.5 Å². The van der Waals surface area contributed by atoms with Crippen LogP contribution in [0.25, 0.3) is 11.1 Å². The first kappa shape index (κ1) is 18.3. The van der Waals surface area contributed by atoms with E-state index in [2.05, 4.69) is 15.0 Å². The largest absolute Gasteiger partial charge is 0.380 e. The predicted octanol–water partition coefficient (Wildman–Crippen LogP) is 2.73. The number of para-hydroxylation sites is 1. The van der Waals surface area contributed by atoms with E-state index in [1.165, 1.54) is 19.2 Å². The summed E-state index contributed by atoms with van der Waals surface area (Å²) in [6, 6.07) is 7.52. The molecular weight excluding hydrogens is 364 g/mol. The molecule has 3 rings (SSSR count). The lowest BCUT2D eigenvalue weighted by atomic mass is 10.0.